The number of amides is 1. The second-order valence-corrected chi connectivity index (χ2v) is 11.5. The Morgan fingerprint density at radius 2 is 1.50 bits per heavy atom. The second-order valence-electron chi connectivity index (χ2n) is 11.1. The molecular formula is C36H37ClN2O3. The molecule has 1 amide bonds. The van der Waals surface area contributed by atoms with Crippen molar-refractivity contribution in [1.82, 2.24) is 9.80 Å². The molecule has 42 heavy (non-hydrogen) atoms. The molecule has 0 aromatic heterocycles. The molecule has 1 heterocycles. The smallest absolute Gasteiger partial charge is 0.335 e. The molecule has 5 nitrogen and oxygen atoms in total. The summed E-state index contributed by atoms with van der Waals surface area (Å²) >= 11 is 6.77. The first kappa shape index (κ1) is 29.6. The highest BCUT2D eigenvalue weighted by Crippen LogP contribution is 2.40. The van der Waals surface area contributed by atoms with Crippen molar-refractivity contribution < 1.29 is 14.7 Å². The molecule has 0 spiro atoms. The van der Waals surface area contributed by atoms with E-state index in [9.17, 15) is 14.7 Å². The maximum Gasteiger partial charge on any atom is 0.335 e. The number of carbonyl (C=O) groups excluding carboxylic acids is 1. The third kappa shape index (κ3) is 5.72. The van der Waals surface area contributed by atoms with E-state index in [1.54, 1.807) is 18.2 Å². The lowest BCUT2D eigenvalue weighted by Crippen LogP contribution is -2.53. The minimum Gasteiger partial charge on any atom is -0.478 e. The zero-order valence-electron chi connectivity index (χ0n) is 23.0. The summed E-state index contributed by atoms with van der Waals surface area (Å²) in [6.07, 6.45) is 2.42. The van der Waals surface area contributed by atoms with Crippen molar-refractivity contribution in [3.05, 3.63) is 141 Å². The summed E-state index contributed by atoms with van der Waals surface area (Å²) in [5, 5.41) is 10.3. The molecule has 0 fully saturated rings. The Balaban J connectivity index is 0.00000353. The number of carboxylic acid groups (broad SMARTS) is 1. The Morgan fingerprint density at radius 1 is 0.881 bits per heavy atom. The van der Waals surface area contributed by atoms with Crippen molar-refractivity contribution in [2.24, 2.45) is 0 Å². The number of carboxylic acids is 1. The van der Waals surface area contributed by atoms with Crippen molar-refractivity contribution in [2.75, 3.05) is 6.54 Å². The van der Waals surface area contributed by atoms with Crippen molar-refractivity contribution in [1.29, 1.82) is 0 Å². The van der Waals surface area contributed by atoms with Crippen molar-refractivity contribution >= 4 is 23.5 Å². The molecule has 1 N–H and O–H groups in total. The number of hydrogen-bond donors (Lipinski definition) is 1. The van der Waals surface area contributed by atoms with Crippen LogP contribution >= 0.6 is 11.6 Å². The fourth-order valence-electron chi connectivity index (χ4n) is 6.57. The van der Waals surface area contributed by atoms with Gasteiger partial charge in [0.05, 0.1) is 17.6 Å². The zero-order valence-corrected chi connectivity index (χ0v) is 23.8. The number of aromatic carboxylic acids is 1. The third-order valence-electron chi connectivity index (χ3n) is 8.66. The molecule has 1 aliphatic carbocycles. The Kier molecular flexibility index (Phi) is 8.81. The van der Waals surface area contributed by atoms with Crippen molar-refractivity contribution in [2.45, 2.75) is 58.3 Å². The first-order chi connectivity index (χ1) is 19.9. The van der Waals surface area contributed by atoms with E-state index < -0.39 is 12.0 Å². The predicted molar refractivity (Wildman–Crippen MR) is 168 cm³/mol. The Hall–Kier alpha value is -3.93. The van der Waals surface area contributed by atoms with Crippen LogP contribution in [0, 0.1) is 0 Å². The topological polar surface area (TPSA) is 60.9 Å². The largest absolute Gasteiger partial charge is 0.478 e. The quantitative estimate of drug-likeness (QED) is 0.251. The molecule has 4 aromatic carbocycles. The van der Waals surface area contributed by atoms with E-state index in [2.05, 4.69) is 47.4 Å². The van der Waals surface area contributed by atoms with Crippen LogP contribution in [0.3, 0.4) is 0 Å². The predicted octanol–water partition coefficient (Wildman–Crippen LogP) is 7.21. The molecule has 2 aliphatic rings. The van der Waals surface area contributed by atoms with Crippen LogP contribution in [0.2, 0.25) is 5.02 Å². The fraction of sp³-hybridized carbons (Fsp3) is 0.278. The summed E-state index contributed by atoms with van der Waals surface area (Å²) in [5.41, 5.74) is 7.03. The number of benzene rings is 4. The van der Waals surface area contributed by atoms with E-state index in [0.717, 1.165) is 36.9 Å². The molecule has 6 heteroatoms. The first-order valence-corrected chi connectivity index (χ1v) is 14.6. The molecule has 0 radical (unpaired) electrons. The summed E-state index contributed by atoms with van der Waals surface area (Å²) in [7, 11) is 0. The Bertz CT molecular complexity index is 1580. The highest BCUT2D eigenvalue weighted by atomic mass is 35.5. The Labute approximate surface area is 253 Å². The van der Waals surface area contributed by atoms with Gasteiger partial charge in [0.1, 0.15) is 0 Å². The summed E-state index contributed by atoms with van der Waals surface area (Å²) in [6, 6.07) is 31.1. The van der Waals surface area contributed by atoms with E-state index in [0.29, 0.717) is 11.6 Å². The van der Waals surface area contributed by atoms with E-state index in [1.807, 2.05) is 48.2 Å². The van der Waals surface area contributed by atoms with Gasteiger partial charge in [0.15, 0.2) is 0 Å². The number of rotatable bonds is 7. The number of carbonyl (C=O) groups is 2. The maximum absolute atomic E-state index is 14.6. The molecule has 4 aromatic rings. The number of hydrogen-bond acceptors (Lipinski definition) is 3. The molecule has 0 unspecified atom stereocenters. The molecule has 0 saturated heterocycles. The molecular weight excluding hydrogens is 544 g/mol. The lowest BCUT2D eigenvalue weighted by molar-refractivity contribution is -0.140. The van der Waals surface area contributed by atoms with Crippen LogP contribution in [-0.2, 0) is 30.6 Å². The van der Waals surface area contributed by atoms with E-state index in [1.165, 1.54) is 22.3 Å². The van der Waals surface area contributed by atoms with E-state index in [-0.39, 0.29) is 31.0 Å². The van der Waals surface area contributed by atoms with E-state index >= 15 is 0 Å². The SMILES string of the molecule is C.C[C@@H](C(=O)N(Cc1cccc(C(=O)O)c1)C1Cc2ccccc2C1)N1CCc2ccccc2[C@@H]1c1ccccc1Cl. The average Bonchev–Trinajstić information content (AvgIpc) is 3.43. The zero-order chi connectivity index (χ0) is 28.5. The van der Waals surface area contributed by atoms with Crippen LogP contribution < -0.4 is 0 Å². The molecule has 6 rings (SSSR count). The maximum atomic E-state index is 14.6. The van der Waals surface area contributed by atoms with Gasteiger partial charge in [0.25, 0.3) is 0 Å². The van der Waals surface area contributed by atoms with Gasteiger partial charge in [-0.1, -0.05) is 97.9 Å². The summed E-state index contributed by atoms with van der Waals surface area (Å²) in [6.45, 7) is 3.08. The van der Waals surface area contributed by atoms with Gasteiger partial charge in [-0.25, -0.2) is 4.79 Å². The highest BCUT2D eigenvalue weighted by Gasteiger charge is 2.39. The summed E-state index contributed by atoms with van der Waals surface area (Å²) < 4.78 is 0. The highest BCUT2D eigenvalue weighted by molar-refractivity contribution is 6.31. The van der Waals surface area contributed by atoms with Gasteiger partial charge in [-0.2, -0.15) is 0 Å². The van der Waals surface area contributed by atoms with Gasteiger partial charge < -0.3 is 10.0 Å². The van der Waals surface area contributed by atoms with Crippen LogP contribution in [0.25, 0.3) is 0 Å². The lowest BCUT2D eigenvalue weighted by atomic mass is 9.87. The second kappa shape index (κ2) is 12.5. The minimum atomic E-state index is -0.971. The van der Waals surface area contributed by atoms with Gasteiger partial charge in [-0.15, -0.1) is 0 Å². The molecule has 2 atom stereocenters. The van der Waals surface area contributed by atoms with E-state index in [4.69, 9.17) is 11.6 Å². The molecule has 0 saturated carbocycles. The number of nitrogens with zero attached hydrogens (tertiary/aromatic N) is 2. The standard InChI is InChI=1S/C35H33ClN2O3.CH4/c1-23(37-18-17-25-10-4-5-14-30(25)33(37)31-15-6-7-16-32(31)36)34(39)38(22-24-9-8-13-28(19-24)35(40)41)29-20-26-11-2-3-12-27(26)21-29;/h2-16,19,23,29,33H,17-18,20-22H2,1H3,(H,40,41);1H4/t23-,33+;/m0./s1. The number of halogens is 1. The average molecular weight is 581 g/mol. The Morgan fingerprint density at radius 3 is 2.17 bits per heavy atom. The van der Waals surface area contributed by atoms with Gasteiger partial charge in [0.2, 0.25) is 5.91 Å². The van der Waals surface area contributed by atoms with Crippen LogP contribution in [0.15, 0.2) is 97.1 Å². The molecule has 1 aliphatic heterocycles. The monoisotopic (exact) mass is 580 g/mol. The molecule has 0 bridgehead atoms. The van der Waals surface area contributed by atoms with Crippen molar-refractivity contribution in [3.8, 4) is 0 Å². The summed E-state index contributed by atoms with van der Waals surface area (Å²) in [4.78, 5) is 30.6. The third-order valence-corrected chi connectivity index (χ3v) is 9.00. The van der Waals surface area contributed by atoms with Crippen LogP contribution in [-0.4, -0.2) is 45.4 Å². The van der Waals surface area contributed by atoms with Gasteiger partial charge in [0, 0.05) is 24.2 Å². The van der Waals surface area contributed by atoms with Gasteiger partial charge in [-0.05, 0) is 77.8 Å². The van der Waals surface area contributed by atoms with Crippen LogP contribution in [0.4, 0.5) is 0 Å². The number of fused-ring (bicyclic) bond motifs is 2. The van der Waals surface area contributed by atoms with Crippen LogP contribution in [0.5, 0.6) is 0 Å². The normalized spacial score (nSPS) is 17.0. The first-order valence-electron chi connectivity index (χ1n) is 14.2. The van der Waals surface area contributed by atoms with Gasteiger partial charge in [-0.3, -0.25) is 9.69 Å². The van der Waals surface area contributed by atoms with Gasteiger partial charge >= 0.3 is 5.97 Å². The molecule has 216 valence electrons. The lowest BCUT2D eigenvalue weighted by Gasteiger charge is -2.43. The van der Waals surface area contributed by atoms with Crippen LogP contribution in [0.1, 0.15) is 64.1 Å². The van der Waals surface area contributed by atoms with Crippen molar-refractivity contribution in [3.63, 3.8) is 0 Å². The fourth-order valence-corrected chi connectivity index (χ4v) is 6.81. The minimum absolute atomic E-state index is 0. The summed E-state index contributed by atoms with van der Waals surface area (Å²) in [5.74, 6) is -0.930.